The molecule has 0 unspecified atom stereocenters. The van der Waals surface area contributed by atoms with E-state index in [4.69, 9.17) is 0 Å². The third-order valence-electron chi connectivity index (χ3n) is 11.8. The minimum Gasteiger partial charge on any atom is -0.310 e. The third-order valence-corrected chi connectivity index (χ3v) is 11.8. The molecule has 11 aromatic rings. The van der Waals surface area contributed by atoms with Gasteiger partial charge in [0.05, 0.1) is 0 Å². The Kier molecular flexibility index (Phi) is 8.56. The maximum absolute atomic E-state index is 2.40. The second kappa shape index (κ2) is 14.6. The van der Waals surface area contributed by atoms with Gasteiger partial charge in [-0.2, -0.15) is 0 Å². The Morgan fingerprint density at radius 1 is 0.220 bits per heavy atom. The number of hydrogen-bond acceptors (Lipinski definition) is 1. The van der Waals surface area contributed by atoms with E-state index < -0.39 is 0 Å². The second-order valence-electron chi connectivity index (χ2n) is 15.3. The molecule has 1 nitrogen and oxygen atoms in total. The predicted molar refractivity (Wildman–Crippen MR) is 253 cm³/mol. The van der Waals surface area contributed by atoms with Crippen molar-refractivity contribution in [3.63, 3.8) is 0 Å². The van der Waals surface area contributed by atoms with Gasteiger partial charge in [-0.3, -0.25) is 0 Å². The van der Waals surface area contributed by atoms with Gasteiger partial charge >= 0.3 is 0 Å². The fourth-order valence-corrected chi connectivity index (χ4v) is 9.04. The lowest BCUT2D eigenvalue weighted by molar-refractivity contribution is 1.29. The van der Waals surface area contributed by atoms with Crippen LogP contribution >= 0.6 is 0 Å². The maximum Gasteiger partial charge on any atom is 0.0468 e. The van der Waals surface area contributed by atoms with Gasteiger partial charge in [-0.1, -0.05) is 194 Å². The molecule has 59 heavy (non-hydrogen) atoms. The van der Waals surface area contributed by atoms with Crippen LogP contribution in [0, 0.1) is 0 Å². The molecule has 0 aliphatic heterocycles. The molecule has 11 aromatic carbocycles. The Morgan fingerprint density at radius 2 is 0.746 bits per heavy atom. The Bertz CT molecular complexity index is 3310. The van der Waals surface area contributed by atoms with Gasteiger partial charge in [-0.15, -0.1) is 0 Å². The van der Waals surface area contributed by atoms with Crippen LogP contribution in [0.2, 0.25) is 0 Å². The van der Waals surface area contributed by atoms with E-state index in [0.29, 0.717) is 0 Å². The number of fused-ring (bicyclic) bond motifs is 5. The average Bonchev–Trinajstić information content (AvgIpc) is 3.31. The van der Waals surface area contributed by atoms with Crippen LogP contribution < -0.4 is 4.90 Å². The maximum atomic E-state index is 2.40. The molecule has 0 N–H and O–H groups in total. The van der Waals surface area contributed by atoms with Gasteiger partial charge in [0.25, 0.3) is 0 Å². The number of nitrogens with zero attached hydrogens (tertiary/aromatic N) is 1. The molecule has 0 atom stereocenters. The lowest BCUT2D eigenvalue weighted by atomic mass is 9.84. The van der Waals surface area contributed by atoms with Crippen LogP contribution in [0.3, 0.4) is 0 Å². The van der Waals surface area contributed by atoms with Gasteiger partial charge in [0.15, 0.2) is 0 Å². The largest absolute Gasteiger partial charge is 0.310 e. The van der Waals surface area contributed by atoms with Crippen LogP contribution in [0.15, 0.2) is 237 Å². The van der Waals surface area contributed by atoms with E-state index in [1.54, 1.807) is 0 Å². The van der Waals surface area contributed by atoms with Crippen molar-refractivity contribution in [2.45, 2.75) is 0 Å². The molecule has 0 saturated carbocycles. The van der Waals surface area contributed by atoms with Crippen molar-refractivity contribution in [3.8, 4) is 44.5 Å². The van der Waals surface area contributed by atoms with Crippen molar-refractivity contribution >= 4 is 60.2 Å². The molecule has 0 saturated heterocycles. The fraction of sp³-hybridized carbons (Fsp3) is 0. The predicted octanol–water partition coefficient (Wildman–Crippen LogP) is 16.4. The van der Waals surface area contributed by atoms with Gasteiger partial charge in [0, 0.05) is 17.1 Å². The highest BCUT2D eigenvalue weighted by Gasteiger charge is 2.19. The SMILES string of the molecule is c1ccc(-c2c(-c3ccccc3)c3cc(-c4ccc(N(c5cccc(-c6cccc7ccccc67)c5)c5ccc6ccccc6c5)cc4)ccc3c3ccccc23)cc1. The summed E-state index contributed by atoms with van der Waals surface area (Å²) in [6.45, 7) is 0. The van der Waals surface area contributed by atoms with Gasteiger partial charge in [-0.05, 0) is 130 Å². The summed E-state index contributed by atoms with van der Waals surface area (Å²) < 4.78 is 0. The molecule has 11 rings (SSSR count). The lowest BCUT2D eigenvalue weighted by Gasteiger charge is -2.27. The molecule has 0 spiro atoms. The topological polar surface area (TPSA) is 3.24 Å². The first kappa shape index (κ1) is 34.5. The summed E-state index contributed by atoms with van der Waals surface area (Å²) in [4.78, 5) is 2.39. The Balaban J connectivity index is 1.07. The van der Waals surface area contributed by atoms with Crippen LogP contribution in [0.4, 0.5) is 17.1 Å². The molecule has 0 aromatic heterocycles. The molecule has 0 bridgehead atoms. The highest BCUT2D eigenvalue weighted by Crippen LogP contribution is 2.46. The molecular weight excluding hydrogens is 711 g/mol. The van der Waals surface area contributed by atoms with E-state index in [-0.39, 0.29) is 0 Å². The average molecular weight is 750 g/mol. The molecule has 1 heteroatoms. The van der Waals surface area contributed by atoms with Crippen molar-refractivity contribution in [3.05, 3.63) is 237 Å². The number of benzene rings is 11. The first-order valence-electron chi connectivity index (χ1n) is 20.3. The molecule has 0 radical (unpaired) electrons. The monoisotopic (exact) mass is 749 g/mol. The molecule has 0 heterocycles. The lowest BCUT2D eigenvalue weighted by Crippen LogP contribution is -2.10. The summed E-state index contributed by atoms with van der Waals surface area (Å²) in [5.41, 5.74) is 13.1. The van der Waals surface area contributed by atoms with Crippen molar-refractivity contribution in [1.29, 1.82) is 0 Å². The molecule has 0 aliphatic rings. The van der Waals surface area contributed by atoms with Crippen LogP contribution in [-0.2, 0) is 0 Å². The summed E-state index contributed by atoms with van der Waals surface area (Å²) in [6.07, 6.45) is 0. The van der Waals surface area contributed by atoms with Crippen molar-refractivity contribution in [2.24, 2.45) is 0 Å². The van der Waals surface area contributed by atoms with Gasteiger partial charge in [0.2, 0.25) is 0 Å². The van der Waals surface area contributed by atoms with Gasteiger partial charge in [0.1, 0.15) is 0 Å². The zero-order valence-electron chi connectivity index (χ0n) is 32.5. The summed E-state index contributed by atoms with van der Waals surface area (Å²) >= 11 is 0. The molecule has 0 aliphatic carbocycles. The summed E-state index contributed by atoms with van der Waals surface area (Å²) in [6, 6.07) is 86.2. The minimum absolute atomic E-state index is 1.10. The summed E-state index contributed by atoms with van der Waals surface area (Å²) in [5, 5.41) is 9.97. The Morgan fingerprint density at radius 3 is 1.51 bits per heavy atom. The van der Waals surface area contributed by atoms with Crippen LogP contribution in [0.1, 0.15) is 0 Å². The Labute approximate surface area is 344 Å². The van der Waals surface area contributed by atoms with Crippen LogP contribution in [0.25, 0.3) is 87.6 Å². The summed E-state index contributed by atoms with van der Waals surface area (Å²) in [7, 11) is 0. The van der Waals surface area contributed by atoms with Crippen molar-refractivity contribution in [2.75, 3.05) is 4.90 Å². The van der Waals surface area contributed by atoms with Gasteiger partial charge in [-0.25, -0.2) is 0 Å². The third kappa shape index (κ3) is 6.21. The van der Waals surface area contributed by atoms with E-state index in [9.17, 15) is 0 Å². The minimum atomic E-state index is 1.10. The van der Waals surface area contributed by atoms with E-state index >= 15 is 0 Å². The summed E-state index contributed by atoms with van der Waals surface area (Å²) in [5.74, 6) is 0. The quantitative estimate of drug-likeness (QED) is 0.147. The second-order valence-corrected chi connectivity index (χ2v) is 15.3. The van der Waals surface area contributed by atoms with Crippen LogP contribution in [-0.4, -0.2) is 0 Å². The fourth-order valence-electron chi connectivity index (χ4n) is 9.04. The molecule has 0 fully saturated rings. The van der Waals surface area contributed by atoms with E-state index in [2.05, 4.69) is 241 Å². The van der Waals surface area contributed by atoms with Crippen molar-refractivity contribution < 1.29 is 0 Å². The van der Waals surface area contributed by atoms with Crippen molar-refractivity contribution in [1.82, 2.24) is 0 Å². The first-order chi connectivity index (χ1) is 29.3. The smallest absolute Gasteiger partial charge is 0.0468 e. The van der Waals surface area contributed by atoms with E-state index in [0.717, 1.165) is 17.1 Å². The highest BCUT2D eigenvalue weighted by molar-refractivity contribution is 6.22. The standard InChI is InChI=1S/C58H39N/c1-3-17-43(18-4-1)57-55-27-12-11-26-53(55)54-36-32-46(39-56(54)58(57)44-19-5-2-6-20-44)41-29-33-48(34-30-41)59(50-35-31-40-15-7-8-21-45(40)37-50)49-24-13-23-47(38-49)52-28-14-22-42-16-9-10-25-51(42)52/h1-39H. The normalized spacial score (nSPS) is 11.4. The molecule has 276 valence electrons. The first-order valence-corrected chi connectivity index (χ1v) is 20.3. The molecular formula is C58H39N. The highest BCUT2D eigenvalue weighted by atomic mass is 15.1. The van der Waals surface area contributed by atoms with E-state index in [1.165, 1.54) is 87.6 Å². The van der Waals surface area contributed by atoms with E-state index in [1.807, 2.05) is 0 Å². The van der Waals surface area contributed by atoms with Gasteiger partial charge < -0.3 is 4.90 Å². The number of rotatable bonds is 7. The molecule has 0 amide bonds. The number of hydrogen-bond donors (Lipinski definition) is 0. The Hall–Kier alpha value is -7.74. The number of anilines is 3. The van der Waals surface area contributed by atoms with Crippen LogP contribution in [0.5, 0.6) is 0 Å². The zero-order valence-corrected chi connectivity index (χ0v) is 32.5. The zero-order chi connectivity index (χ0) is 39.1.